The number of benzene rings is 1. The SMILES string of the molecule is CCN(CC)CCN(CC)Cc1cc(-c2ncccn2)ccc1O. The molecule has 5 nitrogen and oxygen atoms in total. The minimum atomic E-state index is 0.330. The number of aromatic hydroxyl groups is 1. The first-order chi connectivity index (χ1) is 11.7. The van der Waals surface area contributed by atoms with Crippen LogP contribution in [0.4, 0.5) is 0 Å². The fraction of sp³-hybridized carbons (Fsp3) is 0.474. The van der Waals surface area contributed by atoms with Gasteiger partial charge in [-0.2, -0.15) is 0 Å². The molecule has 1 aromatic heterocycles. The van der Waals surface area contributed by atoms with Gasteiger partial charge in [0.2, 0.25) is 0 Å². The van der Waals surface area contributed by atoms with E-state index < -0.39 is 0 Å². The third-order valence-electron chi connectivity index (χ3n) is 4.37. The van der Waals surface area contributed by atoms with Crippen LogP contribution in [0.25, 0.3) is 11.4 Å². The second-order valence-corrected chi connectivity index (χ2v) is 5.81. The first-order valence-corrected chi connectivity index (χ1v) is 8.71. The molecule has 1 N–H and O–H groups in total. The molecule has 2 aromatic rings. The summed E-state index contributed by atoms with van der Waals surface area (Å²) >= 11 is 0. The van der Waals surface area contributed by atoms with Gasteiger partial charge in [-0.3, -0.25) is 4.90 Å². The van der Waals surface area contributed by atoms with Crippen molar-refractivity contribution in [1.29, 1.82) is 0 Å². The van der Waals surface area contributed by atoms with E-state index in [1.165, 1.54) is 0 Å². The molecule has 0 amide bonds. The number of rotatable bonds is 9. The quantitative estimate of drug-likeness (QED) is 0.767. The molecule has 0 radical (unpaired) electrons. The van der Waals surface area contributed by atoms with Gasteiger partial charge in [-0.1, -0.05) is 20.8 Å². The highest BCUT2D eigenvalue weighted by molar-refractivity contribution is 5.58. The number of phenolic OH excluding ortho intramolecular Hbond substituents is 1. The molecule has 0 saturated carbocycles. The van der Waals surface area contributed by atoms with E-state index in [2.05, 4.69) is 40.5 Å². The van der Waals surface area contributed by atoms with Crippen LogP contribution in [0.2, 0.25) is 0 Å². The van der Waals surface area contributed by atoms with E-state index in [9.17, 15) is 5.11 Å². The van der Waals surface area contributed by atoms with Gasteiger partial charge >= 0.3 is 0 Å². The molecule has 24 heavy (non-hydrogen) atoms. The third-order valence-corrected chi connectivity index (χ3v) is 4.37. The summed E-state index contributed by atoms with van der Waals surface area (Å²) in [4.78, 5) is 13.3. The summed E-state index contributed by atoms with van der Waals surface area (Å²) in [5, 5.41) is 10.2. The van der Waals surface area contributed by atoms with Gasteiger partial charge in [0.15, 0.2) is 5.82 Å². The lowest BCUT2D eigenvalue weighted by molar-refractivity contribution is 0.214. The molecule has 0 aliphatic heterocycles. The second kappa shape index (κ2) is 9.35. The van der Waals surface area contributed by atoms with Crippen LogP contribution in [0.15, 0.2) is 36.7 Å². The van der Waals surface area contributed by atoms with Crippen LogP contribution in [0, 0.1) is 0 Å². The van der Waals surface area contributed by atoms with E-state index in [0.717, 1.165) is 50.4 Å². The fourth-order valence-corrected chi connectivity index (χ4v) is 2.71. The molecule has 0 bridgehead atoms. The zero-order chi connectivity index (χ0) is 17.4. The van der Waals surface area contributed by atoms with E-state index in [1.54, 1.807) is 24.5 Å². The number of aromatic nitrogens is 2. The van der Waals surface area contributed by atoms with Crippen molar-refractivity contribution in [2.75, 3.05) is 32.7 Å². The van der Waals surface area contributed by atoms with Crippen LogP contribution in [-0.2, 0) is 6.54 Å². The van der Waals surface area contributed by atoms with E-state index in [1.807, 2.05) is 12.1 Å². The van der Waals surface area contributed by atoms with Gasteiger partial charge in [0.05, 0.1) is 0 Å². The van der Waals surface area contributed by atoms with Crippen molar-refractivity contribution in [1.82, 2.24) is 19.8 Å². The first-order valence-electron chi connectivity index (χ1n) is 8.71. The first kappa shape index (κ1) is 18.4. The molecule has 5 heteroatoms. The monoisotopic (exact) mass is 328 g/mol. The van der Waals surface area contributed by atoms with E-state index in [4.69, 9.17) is 0 Å². The van der Waals surface area contributed by atoms with E-state index in [0.29, 0.717) is 11.6 Å². The molecule has 2 rings (SSSR count). The molecule has 0 atom stereocenters. The minimum absolute atomic E-state index is 0.330. The zero-order valence-corrected chi connectivity index (χ0v) is 14.9. The van der Waals surface area contributed by atoms with Crippen molar-refractivity contribution in [3.8, 4) is 17.1 Å². The molecule has 1 aromatic carbocycles. The Morgan fingerprint density at radius 1 is 0.917 bits per heavy atom. The topological polar surface area (TPSA) is 52.5 Å². The molecule has 0 fully saturated rings. The van der Waals surface area contributed by atoms with Crippen LogP contribution in [-0.4, -0.2) is 57.6 Å². The average molecular weight is 328 g/mol. The summed E-state index contributed by atoms with van der Waals surface area (Å²) in [6, 6.07) is 7.39. The van der Waals surface area contributed by atoms with Gasteiger partial charge in [0.1, 0.15) is 5.75 Å². The zero-order valence-electron chi connectivity index (χ0n) is 14.9. The number of likely N-dealkylation sites (N-methyl/N-ethyl adjacent to an activating group) is 2. The molecule has 0 saturated heterocycles. The maximum Gasteiger partial charge on any atom is 0.159 e. The van der Waals surface area contributed by atoms with Gasteiger partial charge in [0, 0.05) is 43.2 Å². The van der Waals surface area contributed by atoms with Gasteiger partial charge in [-0.25, -0.2) is 9.97 Å². The van der Waals surface area contributed by atoms with Crippen molar-refractivity contribution in [3.05, 3.63) is 42.2 Å². The number of hydrogen-bond acceptors (Lipinski definition) is 5. The lowest BCUT2D eigenvalue weighted by Crippen LogP contribution is -2.34. The van der Waals surface area contributed by atoms with Crippen molar-refractivity contribution >= 4 is 0 Å². The molecule has 130 valence electrons. The van der Waals surface area contributed by atoms with Crippen LogP contribution >= 0.6 is 0 Å². The molecule has 0 unspecified atom stereocenters. The highest BCUT2D eigenvalue weighted by atomic mass is 16.3. The fourth-order valence-electron chi connectivity index (χ4n) is 2.71. The average Bonchev–Trinajstić information content (AvgIpc) is 2.63. The number of nitrogens with zero attached hydrogens (tertiary/aromatic N) is 4. The molecular weight excluding hydrogens is 300 g/mol. The van der Waals surface area contributed by atoms with Crippen LogP contribution in [0.1, 0.15) is 26.3 Å². The Morgan fingerprint density at radius 3 is 2.17 bits per heavy atom. The van der Waals surface area contributed by atoms with Gasteiger partial charge in [0.25, 0.3) is 0 Å². The van der Waals surface area contributed by atoms with Gasteiger partial charge < -0.3 is 10.0 Å². The summed E-state index contributed by atoms with van der Waals surface area (Å²) in [5.41, 5.74) is 1.85. The summed E-state index contributed by atoms with van der Waals surface area (Å²) in [5.74, 6) is 1.01. The van der Waals surface area contributed by atoms with E-state index in [-0.39, 0.29) is 0 Å². The maximum absolute atomic E-state index is 10.2. The van der Waals surface area contributed by atoms with Gasteiger partial charge in [-0.15, -0.1) is 0 Å². The Kier molecular flexibility index (Phi) is 7.15. The second-order valence-electron chi connectivity index (χ2n) is 5.81. The number of phenols is 1. The van der Waals surface area contributed by atoms with Crippen LogP contribution in [0.5, 0.6) is 5.75 Å². The lowest BCUT2D eigenvalue weighted by Gasteiger charge is -2.25. The predicted molar refractivity (Wildman–Crippen MR) is 97.9 cm³/mol. The number of hydrogen-bond donors (Lipinski definition) is 1. The van der Waals surface area contributed by atoms with Crippen molar-refractivity contribution in [2.45, 2.75) is 27.3 Å². The summed E-state index contributed by atoms with van der Waals surface area (Å²) in [7, 11) is 0. The summed E-state index contributed by atoms with van der Waals surface area (Å²) < 4.78 is 0. The predicted octanol–water partition coefficient (Wildman–Crippen LogP) is 3.01. The summed E-state index contributed by atoms with van der Waals surface area (Å²) in [6.07, 6.45) is 3.47. The normalized spacial score (nSPS) is 11.4. The Bertz CT molecular complexity index is 614. The molecule has 1 heterocycles. The molecule has 0 aliphatic rings. The van der Waals surface area contributed by atoms with Crippen molar-refractivity contribution < 1.29 is 5.11 Å². The summed E-state index contributed by atoms with van der Waals surface area (Å²) in [6.45, 7) is 12.4. The maximum atomic E-state index is 10.2. The Labute approximate surface area is 145 Å². The standard InChI is InChI=1S/C19H28N4O/c1-4-22(5-2)12-13-23(6-3)15-17-14-16(8-9-18(17)24)19-20-10-7-11-21-19/h7-11,14,24H,4-6,12-13,15H2,1-3H3. The Morgan fingerprint density at radius 2 is 1.54 bits per heavy atom. The lowest BCUT2D eigenvalue weighted by atomic mass is 10.1. The highest BCUT2D eigenvalue weighted by Crippen LogP contribution is 2.24. The molecule has 0 spiro atoms. The molecule has 0 aliphatic carbocycles. The van der Waals surface area contributed by atoms with Crippen LogP contribution in [0.3, 0.4) is 0 Å². The van der Waals surface area contributed by atoms with Crippen molar-refractivity contribution in [2.24, 2.45) is 0 Å². The van der Waals surface area contributed by atoms with Crippen LogP contribution < -0.4 is 0 Å². The Hall–Kier alpha value is -1.98. The highest BCUT2D eigenvalue weighted by Gasteiger charge is 2.11. The largest absolute Gasteiger partial charge is 0.508 e. The van der Waals surface area contributed by atoms with Crippen molar-refractivity contribution in [3.63, 3.8) is 0 Å². The smallest absolute Gasteiger partial charge is 0.159 e. The van der Waals surface area contributed by atoms with E-state index >= 15 is 0 Å². The molecular formula is C19H28N4O. The van der Waals surface area contributed by atoms with Gasteiger partial charge in [-0.05, 0) is 43.9 Å². The minimum Gasteiger partial charge on any atom is -0.508 e. The Balaban J connectivity index is 2.09. The third kappa shape index (κ3) is 5.01.